The number of amides is 1. The van der Waals surface area contributed by atoms with Crippen molar-refractivity contribution in [3.05, 3.63) is 35.4 Å². The Balaban J connectivity index is 2.52. The van der Waals surface area contributed by atoms with Gasteiger partial charge in [-0.2, -0.15) is 11.8 Å². The highest BCUT2D eigenvalue weighted by Crippen LogP contribution is 2.12. The van der Waals surface area contributed by atoms with Gasteiger partial charge in [0, 0.05) is 23.2 Å². The van der Waals surface area contributed by atoms with Gasteiger partial charge in [0.05, 0.1) is 0 Å². The van der Waals surface area contributed by atoms with Gasteiger partial charge in [-0.15, -0.1) is 0 Å². The summed E-state index contributed by atoms with van der Waals surface area (Å²) in [5, 5.41) is 3.64. The van der Waals surface area contributed by atoms with Gasteiger partial charge in [0.2, 0.25) is 0 Å². The van der Waals surface area contributed by atoms with Crippen molar-refractivity contribution in [2.45, 2.75) is 12.3 Å². The maximum Gasteiger partial charge on any atom is 0.251 e. The number of thioether (sulfide) groups is 1. The molecule has 0 bridgehead atoms. The number of halogens is 1. The molecule has 0 aliphatic carbocycles. The van der Waals surface area contributed by atoms with Crippen LogP contribution in [-0.2, 0) is 5.33 Å². The molecular formula is C12H16BrNOS. The number of benzene rings is 1. The Kier molecular flexibility index (Phi) is 6.57. The minimum absolute atomic E-state index is 0.0201. The van der Waals surface area contributed by atoms with E-state index < -0.39 is 0 Å². The van der Waals surface area contributed by atoms with Crippen LogP contribution in [0.1, 0.15) is 22.8 Å². The van der Waals surface area contributed by atoms with Gasteiger partial charge in [-0.1, -0.05) is 41.1 Å². The fourth-order valence-corrected chi connectivity index (χ4v) is 2.36. The van der Waals surface area contributed by atoms with E-state index in [9.17, 15) is 4.79 Å². The third kappa shape index (κ3) is 4.18. The van der Waals surface area contributed by atoms with E-state index in [-0.39, 0.29) is 5.91 Å². The van der Waals surface area contributed by atoms with Gasteiger partial charge in [-0.25, -0.2) is 0 Å². The molecule has 1 aromatic carbocycles. The van der Waals surface area contributed by atoms with Crippen molar-refractivity contribution >= 4 is 33.6 Å². The molecule has 1 rings (SSSR count). The van der Waals surface area contributed by atoms with Gasteiger partial charge in [-0.3, -0.25) is 4.79 Å². The largest absolute Gasteiger partial charge is 0.351 e. The molecule has 0 saturated heterocycles. The molecule has 0 spiro atoms. The summed E-state index contributed by atoms with van der Waals surface area (Å²) in [7, 11) is 0. The van der Waals surface area contributed by atoms with Crippen LogP contribution in [-0.4, -0.2) is 24.0 Å². The second-order valence-corrected chi connectivity index (χ2v) is 5.20. The minimum Gasteiger partial charge on any atom is -0.351 e. The summed E-state index contributed by atoms with van der Waals surface area (Å²) < 4.78 is 0. The van der Waals surface area contributed by atoms with Crippen molar-refractivity contribution in [1.82, 2.24) is 5.32 Å². The molecule has 0 atom stereocenters. The molecule has 1 aromatic rings. The summed E-state index contributed by atoms with van der Waals surface area (Å²) in [6.45, 7) is 2.85. The zero-order chi connectivity index (χ0) is 11.8. The highest BCUT2D eigenvalue weighted by molar-refractivity contribution is 9.08. The van der Waals surface area contributed by atoms with Crippen molar-refractivity contribution in [2.24, 2.45) is 0 Å². The lowest BCUT2D eigenvalue weighted by Gasteiger charge is -2.07. The Labute approximate surface area is 109 Å². The molecule has 4 heteroatoms. The monoisotopic (exact) mass is 301 g/mol. The summed E-state index contributed by atoms with van der Waals surface area (Å²) in [4.78, 5) is 11.8. The quantitative estimate of drug-likeness (QED) is 0.646. The molecule has 0 heterocycles. The van der Waals surface area contributed by atoms with Crippen LogP contribution in [0.3, 0.4) is 0 Å². The summed E-state index contributed by atoms with van der Waals surface area (Å²) in [5.74, 6) is 2.08. The van der Waals surface area contributed by atoms with Crippen LogP contribution < -0.4 is 5.32 Å². The van der Waals surface area contributed by atoms with Crippen LogP contribution in [0, 0.1) is 0 Å². The van der Waals surface area contributed by atoms with E-state index in [0.29, 0.717) is 5.33 Å². The van der Waals surface area contributed by atoms with E-state index in [0.717, 1.165) is 29.2 Å². The average molecular weight is 302 g/mol. The zero-order valence-electron chi connectivity index (χ0n) is 9.33. The summed E-state index contributed by atoms with van der Waals surface area (Å²) in [6.07, 6.45) is 0. The van der Waals surface area contributed by atoms with Gasteiger partial charge in [0.1, 0.15) is 0 Å². The first-order valence-electron chi connectivity index (χ1n) is 5.29. The predicted octanol–water partition coefficient (Wildman–Crippen LogP) is 3.06. The average Bonchev–Trinajstić information content (AvgIpc) is 2.34. The van der Waals surface area contributed by atoms with Crippen LogP contribution in [0.25, 0.3) is 0 Å². The molecule has 1 N–H and O–H groups in total. The van der Waals surface area contributed by atoms with Gasteiger partial charge in [-0.05, 0) is 17.4 Å². The van der Waals surface area contributed by atoms with Crippen molar-refractivity contribution in [1.29, 1.82) is 0 Å². The first kappa shape index (κ1) is 13.6. The van der Waals surface area contributed by atoms with Crippen LogP contribution in [0.2, 0.25) is 0 Å². The van der Waals surface area contributed by atoms with E-state index in [1.165, 1.54) is 0 Å². The van der Waals surface area contributed by atoms with Crippen molar-refractivity contribution in [3.63, 3.8) is 0 Å². The molecule has 0 aliphatic heterocycles. The minimum atomic E-state index is 0.0201. The fourth-order valence-electron chi connectivity index (χ4n) is 1.33. The van der Waals surface area contributed by atoms with E-state index >= 15 is 0 Å². The summed E-state index contributed by atoms with van der Waals surface area (Å²) in [6, 6.07) is 7.66. The Morgan fingerprint density at radius 1 is 1.44 bits per heavy atom. The zero-order valence-corrected chi connectivity index (χ0v) is 11.7. The SMILES string of the molecule is CCSCCNC(=O)c1ccccc1CBr. The molecular weight excluding hydrogens is 286 g/mol. The number of nitrogens with one attached hydrogen (secondary N) is 1. The van der Waals surface area contributed by atoms with Crippen LogP contribution in [0.5, 0.6) is 0 Å². The lowest BCUT2D eigenvalue weighted by molar-refractivity contribution is 0.0955. The lowest BCUT2D eigenvalue weighted by Crippen LogP contribution is -2.26. The van der Waals surface area contributed by atoms with E-state index in [4.69, 9.17) is 0 Å². The number of hydrogen-bond donors (Lipinski definition) is 1. The normalized spacial score (nSPS) is 10.1. The number of carbonyl (C=O) groups is 1. The number of rotatable bonds is 6. The van der Waals surface area contributed by atoms with Crippen molar-refractivity contribution < 1.29 is 4.79 Å². The predicted molar refractivity (Wildman–Crippen MR) is 74.4 cm³/mol. The standard InChI is InChI=1S/C12H16BrNOS/c1-2-16-8-7-14-12(15)11-6-4-3-5-10(11)9-13/h3-6H,2,7-9H2,1H3,(H,14,15). The molecule has 0 unspecified atom stereocenters. The Bertz CT molecular complexity index is 344. The molecule has 0 aromatic heterocycles. The number of carbonyl (C=O) groups excluding carboxylic acids is 1. The number of hydrogen-bond acceptors (Lipinski definition) is 2. The van der Waals surface area contributed by atoms with Gasteiger partial charge < -0.3 is 5.32 Å². The third-order valence-electron chi connectivity index (χ3n) is 2.14. The summed E-state index contributed by atoms with van der Waals surface area (Å²) in [5.41, 5.74) is 1.80. The smallest absolute Gasteiger partial charge is 0.251 e. The third-order valence-corrected chi connectivity index (χ3v) is 3.65. The van der Waals surface area contributed by atoms with Gasteiger partial charge in [0.25, 0.3) is 5.91 Å². The van der Waals surface area contributed by atoms with Crippen LogP contribution in [0.4, 0.5) is 0 Å². The van der Waals surface area contributed by atoms with Crippen LogP contribution >= 0.6 is 27.7 Å². The van der Waals surface area contributed by atoms with Gasteiger partial charge in [0.15, 0.2) is 0 Å². The fraction of sp³-hybridized carbons (Fsp3) is 0.417. The molecule has 0 saturated carbocycles. The first-order chi connectivity index (χ1) is 7.79. The molecule has 0 fully saturated rings. The maximum atomic E-state index is 11.8. The van der Waals surface area contributed by atoms with E-state index in [1.807, 2.05) is 36.0 Å². The van der Waals surface area contributed by atoms with E-state index in [2.05, 4.69) is 28.2 Å². The van der Waals surface area contributed by atoms with Crippen LogP contribution in [0.15, 0.2) is 24.3 Å². The Hall–Kier alpha value is -0.480. The highest BCUT2D eigenvalue weighted by Gasteiger charge is 2.08. The maximum absolute atomic E-state index is 11.8. The topological polar surface area (TPSA) is 29.1 Å². The molecule has 2 nitrogen and oxygen atoms in total. The van der Waals surface area contributed by atoms with E-state index in [1.54, 1.807) is 0 Å². The lowest BCUT2D eigenvalue weighted by atomic mass is 10.1. The highest BCUT2D eigenvalue weighted by atomic mass is 79.9. The molecule has 16 heavy (non-hydrogen) atoms. The Morgan fingerprint density at radius 2 is 2.19 bits per heavy atom. The second kappa shape index (κ2) is 7.74. The molecule has 0 radical (unpaired) electrons. The van der Waals surface area contributed by atoms with Gasteiger partial charge >= 0.3 is 0 Å². The molecule has 1 amide bonds. The first-order valence-corrected chi connectivity index (χ1v) is 7.57. The van der Waals surface area contributed by atoms with Crippen molar-refractivity contribution in [3.8, 4) is 0 Å². The summed E-state index contributed by atoms with van der Waals surface area (Å²) >= 11 is 5.22. The van der Waals surface area contributed by atoms with Crippen molar-refractivity contribution in [2.75, 3.05) is 18.1 Å². The molecule has 88 valence electrons. The second-order valence-electron chi connectivity index (χ2n) is 3.24. The number of alkyl halides is 1. The Morgan fingerprint density at radius 3 is 2.88 bits per heavy atom. The molecule has 0 aliphatic rings.